The van der Waals surface area contributed by atoms with Crippen LogP contribution < -0.4 is 10.9 Å². The van der Waals surface area contributed by atoms with Crippen LogP contribution in [-0.4, -0.2) is 46.3 Å². The quantitative estimate of drug-likeness (QED) is 0.186. The predicted molar refractivity (Wildman–Crippen MR) is 190 cm³/mol. The highest BCUT2D eigenvalue weighted by molar-refractivity contribution is 6.08. The van der Waals surface area contributed by atoms with Crippen LogP contribution >= 0.6 is 0 Å². The highest BCUT2D eigenvalue weighted by Crippen LogP contribution is 2.42. The molecule has 2 fully saturated rings. The number of carbonyl (C=O) groups excluding carboxylic acids is 2. The number of carbonyl (C=O) groups is 2. The van der Waals surface area contributed by atoms with Gasteiger partial charge < -0.3 is 10.2 Å². The average Bonchev–Trinajstić information content (AvgIpc) is 3.97. The number of halogens is 1. The molecule has 2 aliphatic rings. The van der Waals surface area contributed by atoms with Gasteiger partial charge in [-0.15, -0.1) is 0 Å². The smallest absolute Gasteiger partial charge is 0.263 e. The number of amides is 2. The van der Waals surface area contributed by atoms with Gasteiger partial charge in [0.15, 0.2) is 0 Å². The van der Waals surface area contributed by atoms with Crippen molar-refractivity contribution in [3.8, 4) is 5.69 Å². The molecule has 1 saturated carbocycles. The second-order valence-electron chi connectivity index (χ2n) is 13.4. The van der Waals surface area contributed by atoms with Gasteiger partial charge in [0.2, 0.25) is 5.91 Å². The summed E-state index contributed by atoms with van der Waals surface area (Å²) in [6.45, 7) is 3.25. The van der Waals surface area contributed by atoms with E-state index in [4.69, 9.17) is 0 Å². The lowest BCUT2D eigenvalue weighted by molar-refractivity contribution is -0.136. The molecule has 4 aromatic carbocycles. The molecule has 1 aliphatic heterocycles. The van der Waals surface area contributed by atoms with Gasteiger partial charge in [0.05, 0.1) is 22.8 Å². The summed E-state index contributed by atoms with van der Waals surface area (Å²) in [5.74, 6) is -0.406. The van der Waals surface area contributed by atoms with Crippen LogP contribution in [0, 0.1) is 11.7 Å². The van der Waals surface area contributed by atoms with E-state index in [2.05, 4.69) is 22.3 Å². The topological polar surface area (TPSA) is 74.7 Å². The van der Waals surface area contributed by atoms with Crippen molar-refractivity contribution in [3.05, 3.63) is 148 Å². The molecule has 250 valence electrons. The number of hydrogen-bond donors (Lipinski definition) is 1. The van der Waals surface area contributed by atoms with Crippen LogP contribution in [0.1, 0.15) is 65.8 Å². The summed E-state index contributed by atoms with van der Waals surface area (Å²) < 4.78 is 16.1. The van der Waals surface area contributed by atoms with E-state index in [1.54, 1.807) is 23.6 Å². The lowest BCUT2D eigenvalue weighted by Crippen LogP contribution is -2.53. The molecular weight excluding hydrogens is 615 g/mol. The van der Waals surface area contributed by atoms with Gasteiger partial charge in [-0.25, -0.2) is 4.39 Å². The number of nitrogens with one attached hydrogen (secondary N) is 1. The molecule has 0 radical (unpaired) electrons. The van der Waals surface area contributed by atoms with Gasteiger partial charge >= 0.3 is 0 Å². The first-order chi connectivity index (χ1) is 23.8. The van der Waals surface area contributed by atoms with E-state index in [9.17, 15) is 18.8 Å². The molecule has 2 heterocycles. The maximum Gasteiger partial charge on any atom is 0.263 e. The van der Waals surface area contributed by atoms with Gasteiger partial charge in [-0.05, 0) is 73.1 Å². The van der Waals surface area contributed by atoms with Crippen LogP contribution in [0.2, 0.25) is 0 Å². The van der Waals surface area contributed by atoms with E-state index in [0.717, 1.165) is 24.0 Å². The van der Waals surface area contributed by atoms with Crippen LogP contribution in [0.15, 0.2) is 114 Å². The number of pyridine rings is 1. The number of piperidine rings is 1. The number of benzene rings is 4. The van der Waals surface area contributed by atoms with E-state index in [0.29, 0.717) is 60.2 Å². The maximum absolute atomic E-state index is 14.7. The van der Waals surface area contributed by atoms with Gasteiger partial charge in [-0.3, -0.25) is 23.9 Å². The minimum absolute atomic E-state index is 0.00669. The molecule has 1 unspecified atom stereocenters. The van der Waals surface area contributed by atoms with Gasteiger partial charge in [0, 0.05) is 50.1 Å². The fourth-order valence-electron chi connectivity index (χ4n) is 7.63. The molecule has 1 aliphatic carbocycles. The minimum atomic E-state index is -0.464. The number of fused-ring (bicyclic) bond motifs is 1. The molecular formula is C41H41FN4O3. The highest BCUT2D eigenvalue weighted by atomic mass is 19.1. The first-order valence-electron chi connectivity index (χ1n) is 17.1. The van der Waals surface area contributed by atoms with Crippen LogP contribution in [0.5, 0.6) is 0 Å². The second-order valence-corrected chi connectivity index (χ2v) is 13.4. The van der Waals surface area contributed by atoms with Crippen molar-refractivity contribution >= 4 is 22.6 Å². The summed E-state index contributed by atoms with van der Waals surface area (Å²) in [6.07, 6.45) is 3.29. The van der Waals surface area contributed by atoms with E-state index >= 15 is 0 Å². The number of rotatable bonds is 9. The van der Waals surface area contributed by atoms with Gasteiger partial charge in [0.25, 0.3) is 11.5 Å². The third kappa shape index (κ3) is 6.29. The fraction of sp³-hybridized carbons (Fsp3) is 0.293. The summed E-state index contributed by atoms with van der Waals surface area (Å²) in [6, 6.07) is 33.0. The van der Waals surface area contributed by atoms with Crippen LogP contribution in [-0.2, 0) is 16.9 Å². The Morgan fingerprint density at radius 1 is 0.878 bits per heavy atom. The molecule has 7 rings (SSSR count). The van der Waals surface area contributed by atoms with Crippen LogP contribution in [0.4, 0.5) is 4.39 Å². The van der Waals surface area contributed by atoms with Crippen LogP contribution in [0.3, 0.4) is 0 Å². The molecule has 1 saturated heterocycles. The summed E-state index contributed by atoms with van der Waals surface area (Å²) in [5.41, 5.74) is 2.91. The Labute approximate surface area is 286 Å². The number of likely N-dealkylation sites (tertiary alicyclic amines) is 1. The van der Waals surface area contributed by atoms with Crippen molar-refractivity contribution < 1.29 is 14.0 Å². The third-order valence-corrected chi connectivity index (χ3v) is 10.5. The summed E-state index contributed by atoms with van der Waals surface area (Å²) in [4.78, 5) is 45.9. The molecule has 1 atom stereocenters. The first kappa shape index (κ1) is 32.5. The zero-order valence-corrected chi connectivity index (χ0v) is 27.9. The van der Waals surface area contributed by atoms with Gasteiger partial charge in [-0.1, -0.05) is 78.9 Å². The summed E-state index contributed by atoms with van der Waals surface area (Å²) >= 11 is 0. The molecule has 0 bridgehead atoms. The van der Waals surface area contributed by atoms with Crippen molar-refractivity contribution in [2.75, 3.05) is 20.1 Å². The molecule has 8 heteroatoms. The lowest BCUT2D eigenvalue weighted by Gasteiger charge is -2.47. The average molecular weight is 657 g/mol. The molecule has 1 N–H and O–H groups in total. The van der Waals surface area contributed by atoms with Crippen LogP contribution in [0.25, 0.3) is 16.5 Å². The maximum atomic E-state index is 14.7. The predicted octanol–water partition coefficient (Wildman–Crippen LogP) is 6.98. The van der Waals surface area contributed by atoms with Gasteiger partial charge in [-0.2, -0.15) is 0 Å². The Bertz CT molecular complexity index is 2050. The van der Waals surface area contributed by atoms with Crippen molar-refractivity contribution in [2.45, 2.75) is 50.7 Å². The largest absolute Gasteiger partial charge is 0.345 e. The molecule has 5 aromatic rings. The Kier molecular flexibility index (Phi) is 8.90. The first-order valence-corrected chi connectivity index (χ1v) is 17.1. The molecule has 1 aromatic heterocycles. The Balaban J connectivity index is 1.32. The summed E-state index contributed by atoms with van der Waals surface area (Å²) in [5, 5.41) is 4.33. The van der Waals surface area contributed by atoms with Crippen molar-refractivity contribution in [1.82, 2.24) is 19.7 Å². The van der Waals surface area contributed by atoms with E-state index < -0.39 is 5.54 Å². The van der Waals surface area contributed by atoms with E-state index in [1.807, 2.05) is 84.7 Å². The third-order valence-electron chi connectivity index (χ3n) is 10.5. The van der Waals surface area contributed by atoms with Gasteiger partial charge in [0.1, 0.15) is 5.82 Å². The molecule has 2 amide bonds. The minimum Gasteiger partial charge on any atom is -0.345 e. The molecule has 7 nitrogen and oxygen atoms in total. The molecule has 49 heavy (non-hydrogen) atoms. The zero-order valence-electron chi connectivity index (χ0n) is 27.9. The Hall–Kier alpha value is -5.08. The Morgan fingerprint density at radius 2 is 1.51 bits per heavy atom. The standard InChI is InChI=1S/C41H41FN4O3/c1-28(47)44(2)41(31-13-5-3-6-14-31)22-24-45(25-23-41)27-36-37(39(48)43-38(29-20-21-29)30-12-11-15-32(42)26-30)34-18-9-10-19-35(34)40(49)46(36)33-16-7-4-8-17-33/h3-19,26,29,38H,20-25,27H2,1-2H3,(H,43,48). The van der Waals surface area contributed by atoms with Crippen molar-refractivity contribution in [2.24, 2.45) is 5.92 Å². The van der Waals surface area contributed by atoms with Crippen molar-refractivity contribution in [1.29, 1.82) is 0 Å². The SMILES string of the molecule is CC(=O)N(C)C1(c2ccccc2)CCN(Cc2c(C(=O)NC(c3cccc(F)c3)C3CC3)c3ccccc3c(=O)n2-c2ccccc2)CC1. The molecule has 0 spiro atoms. The fourth-order valence-corrected chi connectivity index (χ4v) is 7.63. The number of nitrogens with zero attached hydrogens (tertiary/aromatic N) is 3. The highest BCUT2D eigenvalue weighted by Gasteiger charge is 2.41. The lowest BCUT2D eigenvalue weighted by atomic mass is 9.79. The zero-order chi connectivity index (χ0) is 34.1. The number of para-hydroxylation sites is 1. The number of aromatic nitrogens is 1. The Morgan fingerprint density at radius 3 is 2.14 bits per heavy atom. The second kappa shape index (κ2) is 13.4. The van der Waals surface area contributed by atoms with Crippen molar-refractivity contribution in [3.63, 3.8) is 0 Å². The van der Waals surface area contributed by atoms with E-state index in [1.165, 1.54) is 12.1 Å². The monoisotopic (exact) mass is 656 g/mol. The number of hydrogen-bond acceptors (Lipinski definition) is 4. The summed E-state index contributed by atoms with van der Waals surface area (Å²) in [7, 11) is 1.87. The van der Waals surface area contributed by atoms with E-state index in [-0.39, 0.29) is 35.2 Å². The normalized spacial score (nSPS) is 16.6.